The van der Waals surface area contributed by atoms with Gasteiger partial charge in [0.2, 0.25) is 0 Å². The number of likely N-dealkylation sites (tertiary alicyclic amines) is 1. The van der Waals surface area contributed by atoms with Crippen LogP contribution in [-0.2, 0) is 0 Å². The number of rotatable bonds is 6. The predicted octanol–water partition coefficient (Wildman–Crippen LogP) is 1.98. The van der Waals surface area contributed by atoms with Crippen molar-refractivity contribution in [3.8, 4) is 10.6 Å². The smallest absolute Gasteiger partial charge is 0.270 e. The molecule has 0 unspecified atom stereocenters. The Morgan fingerprint density at radius 1 is 1.48 bits per heavy atom. The van der Waals surface area contributed by atoms with Crippen LogP contribution in [0.2, 0.25) is 0 Å². The summed E-state index contributed by atoms with van der Waals surface area (Å²) < 4.78 is 5.03. The van der Waals surface area contributed by atoms with E-state index in [1.807, 2.05) is 6.07 Å². The van der Waals surface area contributed by atoms with Crippen molar-refractivity contribution in [2.75, 3.05) is 26.2 Å². The largest absolute Gasteiger partial charge is 0.472 e. The Kier molecular flexibility index (Phi) is 5.43. The lowest BCUT2D eigenvalue weighted by Crippen LogP contribution is -2.37. The summed E-state index contributed by atoms with van der Waals surface area (Å²) in [5, 5.41) is 14.9. The van der Waals surface area contributed by atoms with Crippen LogP contribution in [0.1, 0.15) is 29.8 Å². The van der Waals surface area contributed by atoms with Crippen LogP contribution in [-0.4, -0.2) is 53.2 Å². The highest BCUT2D eigenvalue weighted by Gasteiger charge is 2.16. The number of thiazole rings is 1. The fourth-order valence-corrected chi connectivity index (χ4v) is 3.42. The predicted molar refractivity (Wildman–Crippen MR) is 88.4 cm³/mol. The zero-order valence-electron chi connectivity index (χ0n) is 12.9. The van der Waals surface area contributed by atoms with Gasteiger partial charge in [-0.1, -0.05) is 0 Å². The van der Waals surface area contributed by atoms with Crippen LogP contribution >= 0.6 is 11.3 Å². The Bertz CT molecular complexity index is 618. The maximum atomic E-state index is 12.1. The molecule has 0 aromatic carbocycles. The maximum absolute atomic E-state index is 12.1. The van der Waals surface area contributed by atoms with Gasteiger partial charge < -0.3 is 19.7 Å². The number of aliphatic hydroxyl groups excluding tert-OH is 1. The molecule has 1 aliphatic rings. The third-order valence-corrected chi connectivity index (χ3v) is 4.89. The summed E-state index contributed by atoms with van der Waals surface area (Å²) in [6.45, 7) is 3.46. The van der Waals surface area contributed by atoms with Crippen molar-refractivity contribution in [1.29, 1.82) is 0 Å². The number of hydrogen-bond acceptors (Lipinski definition) is 6. The molecule has 6 nitrogen and oxygen atoms in total. The second-order valence-electron chi connectivity index (χ2n) is 5.73. The third kappa shape index (κ3) is 4.40. The van der Waals surface area contributed by atoms with Gasteiger partial charge in [-0.15, -0.1) is 11.3 Å². The van der Waals surface area contributed by atoms with E-state index in [1.165, 1.54) is 11.3 Å². The van der Waals surface area contributed by atoms with E-state index < -0.39 is 0 Å². The van der Waals surface area contributed by atoms with Gasteiger partial charge in [-0.25, -0.2) is 4.98 Å². The average Bonchev–Trinajstić information content (AvgIpc) is 3.23. The number of carbonyl (C=O) groups is 1. The first-order valence-corrected chi connectivity index (χ1v) is 8.77. The lowest BCUT2D eigenvalue weighted by molar-refractivity contribution is 0.0816. The Balaban J connectivity index is 1.40. The van der Waals surface area contributed by atoms with E-state index in [0.717, 1.165) is 49.5 Å². The molecular weight excluding hydrogens is 314 g/mol. The van der Waals surface area contributed by atoms with E-state index in [4.69, 9.17) is 4.42 Å². The number of aromatic nitrogens is 1. The zero-order chi connectivity index (χ0) is 16.1. The molecule has 3 rings (SSSR count). The van der Waals surface area contributed by atoms with Crippen molar-refractivity contribution in [3.05, 3.63) is 29.7 Å². The molecule has 3 heterocycles. The first kappa shape index (κ1) is 16.2. The molecule has 124 valence electrons. The lowest BCUT2D eigenvalue weighted by Gasteiger charge is -2.29. The SMILES string of the molecule is O=C(NCCCN1CCC(O)CC1)c1csc(-c2ccoc2)n1. The van der Waals surface area contributed by atoms with Crippen LogP contribution < -0.4 is 5.32 Å². The molecule has 2 aromatic rings. The van der Waals surface area contributed by atoms with Gasteiger partial charge in [0, 0.05) is 30.6 Å². The second-order valence-corrected chi connectivity index (χ2v) is 6.59. The van der Waals surface area contributed by atoms with E-state index in [2.05, 4.69) is 15.2 Å². The maximum Gasteiger partial charge on any atom is 0.270 e. The van der Waals surface area contributed by atoms with Crippen LogP contribution in [0.15, 0.2) is 28.4 Å². The number of aliphatic hydroxyl groups is 1. The first-order chi connectivity index (χ1) is 11.2. The summed E-state index contributed by atoms with van der Waals surface area (Å²) in [4.78, 5) is 18.8. The van der Waals surface area contributed by atoms with Crippen LogP contribution in [0.5, 0.6) is 0 Å². The molecule has 1 amide bonds. The Morgan fingerprint density at radius 2 is 2.30 bits per heavy atom. The van der Waals surface area contributed by atoms with Crippen molar-refractivity contribution in [2.45, 2.75) is 25.4 Å². The standard InChI is InChI=1S/C16H21N3O3S/c20-13-2-7-19(8-3-13)6-1-5-17-15(21)14-11-23-16(18-14)12-4-9-22-10-12/h4,9-11,13,20H,1-3,5-8H2,(H,17,21). The number of furan rings is 1. The van der Waals surface area contributed by atoms with Crippen molar-refractivity contribution in [1.82, 2.24) is 15.2 Å². The van der Waals surface area contributed by atoms with Crippen molar-refractivity contribution >= 4 is 17.2 Å². The summed E-state index contributed by atoms with van der Waals surface area (Å²) in [7, 11) is 0. The van der Waals surface area contributed by atoms with Gasteiger partial charge >= 0.3 is 0 Å². The molecule has 0 atom stereocenters. The minimum absolute atomic E-state index is 0.134. The summed E-state index contributed by atoms with van der Waals surface area (Å²) in [5.41, 5.74) is 1.34. The van der Waals surface area contributed by atoms with Crippen molar-refractivity contribution in [2.24, 2.45) is 0 Å². The van der Waals surface area contributed by atoms with E-state index in [1.54, 1.807) is 17.9 Å². The first-order valence-electron chi connectivity index (χ1n) is 7.89. The fourth-order valence-electron chi connectivity index (χ4n) is 2.63. The summed E-state index contributed by atoms with van der Waals surface area (Å²) in [6.07, 6.45) is 5.68. The Morgan fingerprint density at radius 3 is 3.04 bits per heavy atom. The molecule has 1 aliphatic heterocycles. The molecule has 1 fully saturated rings. The van der Waals surface area contributed by atoms with E-state index >= 15 is 0 Å². The van der Waals surface area contributed by atoms with Crippen molar-refractivity contribution in [3.63, 3.8) is 0 Å². The number of piperidine rings is 1. The average molecular weight is 335 g/mol. The van der Waals surface area contributed by atoms with Gasteiger partial charge in [-0.3, -0.25) is 4.79 Å². The molecule has 7 heteroatoms. The van der Waals surface area contributed by atoms with Gasteiger partial charge in [0.05, 0.1) is 12.4 Å². The number of hydrogen-bond donors (Lipinski definition) is 2. The highest BCUT2D eigenvalue weighted by molar-refractivity contribution is 7.13. The third-order valence-electron chi connectivity index (χ3n) is 4.00. The van der Waals surface area contributed by atoms with Crippen LogP contribution in [0.4, 0.5) is 0 Å². The number of carbonyl (C=O) groups excluding carboxylic acids is 1. The van der Waals surface area contributed by atoms with Gasteiger partial charge in [-0.05, 0) is 31.9 Å². The van der Waals surface area contributed by atoms with Crippen LogP contribution in [0.25, 0.3) is 10.6 Å². The number of nitrogens with zero attached hydrogens (tertiary/aromatic N) is 2. The molecule has 23 heavy (non-hydrogen) atoms. The van der Waals surface area contributed by atoms with Crippen LogP contribution in [0.3, 0.4) is 0 Å². The Labute approximate surface area is 139 Å². The molecule has 0 radical (unpaired) electrons. The molecule has 0 saturated carbocycles. The quantitative estimate of drug-likeness (QED) is 0.789. The summed E-state index contributed by atoms with van der Waals surface area (Å²) in [6, 6.07) is 1.83. The van der Waals surface area contributed by atoms with Gasteiger partial charge in [0.25, 0.3) is 5.91 Å². The molecule has 1 saturated heterocycles. The highest BCUT2D eigenvalue weighted by atomic mass is 32.1. The van der Waals surface area contributed by atoms with E-state index in [-0.39, 0.29) is 12.0 Å². The zero-order valence-corrected chi connectivity index (χ0v) is 13.7. The molecule has 0 spiro atoms. The molecule has 2 N–H and O–H groups in total. The van der Waals surface area contributed by atoms with E-state index in [0.29, 0.717) is 12.2 Å². The number of amides is 1. The second kappa shape index (κ2) is 7.72. The Hall–Kier alpha value is -1.70. The van der Waals surface area contributed by atoms with Gasteiger partial charge in [0.1, 0.15) is 17.0 Å². The summed E-state index contributed by atoms with van der Waals surface area (Å²) >= 11 is 1.43. The normalized spacial score (nSPS) is 16.6. The highest BCUT2D eigenvalue weighted by Crippen LogP contribution is 2.23. The molecule has 0 aliphatic carbocycles. The molecule has 2 aromatic heterocycles. The van der Waals surface area contributed by atoms with Gasteiger partial charge in [0.15, 0.2) is 0 Å². The lowest BCUT2D eigenvalue weighted by atomic mass is 10.1. The minimum atomic E-state index is -0.139. The van der Waals surface area contributed by atoms with Crippen molar-refractivity contribution < 1.29 is 14.3 Å². The monoisotopic (exact) mass is 335 g/mol. The number of nitrogens with one attached hydrogen (secondary N) is 1. The van der Waals surface area contributed by atoms with Crippen LogP contribution in [0, 0.1) is 0 Å². The minimum Gasteiger partial charge on any atom is -0.472 e. The molecular formula is C16H21N3O3S. The molecule has 0 bridgehead atoms. The topological polar surface area (TPSA) is 78.6 Å². The fraction of sp³-hybridized carbons (Fsp3) is 0.500. The summed E-state index contributed by atoms with van der Waals surface area (Å²) in [5.74, 6) is -0.134. The van der Waals surface area contributed by atoms with Gasteiger partial charge in [-0.2, -0.15) is 0 Å². The van der Waals surface area contributed by atoms with E-state index in [9.17, 15) is 9.90 Å².